The molecule has 0 saturated carbocycles. The summed E-state index contributed by atoms with van der Waals surface area (Å²) < 4.78 is 10.3. The molecule has 0 aliphatic carbocycles. The van der Waals surface area contributed by atoms with E-state index in [9.17, 15) is 4.79 Å². The molecule has 7 nitrogen and oxygen atoms in total. The van der Waals surface area contributed by atoms with Gasteiger partial charge in [-0.1, -0.05) is 6.07 Å². The zero-order chi connectivity index (χ0) is 18.4. The van der Waals surface area contributed by atoms with E-state index in [-0.39, 0.29) is 11.6 Å². The van der Waals surface area contributed by atoms with Crippen LogP contribution in [0.15, 0.2) is 60.7 Å². The molecule has 2 N–H and O–H groups in total. The van der Waals surface area contributed by atoms with Crippen LogP contribution in [0, 0.1) is 0 Å². The van der Waals surface area contributed by atoms with Crippen LogP contribution < -0.4 is 20.1 Å². The lowest BCUT2D eigenvalue weighted by Crippen LogP contribution is -2.14. The second kappa shape index (κ2) is 7.98. The van der Waals surface area contributed by atoms with Gasteiger partial charge < -0.3 is 20.1 Å². The summed E-state index contributed by atoms with van der Waals surface area (Å²) in [4.78, 5) is 12.2. The molecule has 3 aromatic rings. The molecule has 0 bridgehead atoms. The maximum Gasteiger partial charge on any atom is 0.276 e. The summed E-state index contributed by atoms with van der Waals surface area (Å²) in [6, 6.07) is 17.8. The molecule has 0 atom stereocenters. The van der Waals surface area contributed by atoms with Crippen molar-refractivity contribution in [1.82, 2.24) is 10.2 Å². The van der Waals surface area contributed by atoms with E-state index in [0.717, 1.165) is 17.2 Å². The highest BCUT2D eigenvalue weighted by Crippen LogP contribution is 2.20. The molecule has 0 saturated heterocycles. The standard InChI is InChI=1S/C19H18N4O3/c1-25-15-8-6-13(7-9-15)21-19(24)17-10-11-18(23-22-17)20-14-4-3-5-16(12-14)26-2/h3-12H,1-2H3,(H,20,23)(H,21,24). The fraction of sp³-hybridized carbons (Fsp3) is 0.105. The molecule has 0 radical (unpaired) electrons. The van der Waals surface area contributed by atoms with Gasteiger partial charge in [0.25, 0.3) is 5.91 Å². The number of aromatic nitrogens is 2. The van der Waals surface area contributed by atoms with Gasteiger partial charge in [0.15, 0.2) is 11.5 Å². The van der Waals surface area contributed by atoms with E-state index in [1.54, 1.807) is 50.6 Å². The van der Waals surface area contributed by atoms with Crippen molar-refractivity contribution in [2.24, 2.45) is 0 Å². The summed E-state index contributed by atoms with van der Waals surface area (Å²) in [6.07, 6.45) is 0. The van der Waals surface area contributed by atoms with Crippen LogP contribution in [0.1, 0.15) is 10.5 Å². The first-order chi connectivity index (χ1) is 12.7. The van der Waals surface area contributed by atoms with Gasteiger partial charge in [0.2, 0.25) is 0 Å². The van der Waals surface area contributed by atoms with Crippen molar-refractivity contribution < 1.29 is 14.3 Å². The molecule has 1 heterocycles. The lowest BCUT2D eigenvalue weighted by Gasteiger charge is -2.08. The lowest BCUT2D eigenvalue weighted by molar-refractivity contribution is 0.102. The number of rotatable bonds is 6. The molecule has 132 valence electrons. The number of ether oxygens (including phenoxy) is 2. The Balaban J connectivity index is 1.65. The number of anilines is 3. The minimum absolute atomic E-state index is 0.219. The molecule has 0 aliphatic heterocycles. The van der Waals surface area contributed by atoms with Crippen LogP contribution in [0.2, 0.25) is 0 Å². The first-order valence-corrected chi connectivity index (χ1v) is 7.88. The van der Waals surface area contributed by atoms with Gasteiger partial charge in [-0.15, -0.1) is 10.2 Å². The number of hydrogen-bond donors (Lipinski definition) is 2. The van der Waals surface area contributed by atoms with E-state index in [1.165, 1.54) is 0 Å². The van der Waals surface area contributed by atoms with Gasteiger partial charge >= 0.3 is 0 Å². The topological polar surface area (TPSA) is 85.4 Å². The van der Waals surface area contributed by atoms with E-state index < -0.39 is 0 Å². The van der Waals surface area contributed by atoms with Crippen molar-refractivity contribution in [2.45, 2.75) is 0 Å². The van der Waals surface area contributed by atoms with Gasteiger partial charge in [0, 0.05) is 17.4 Å². The number of benzene rings is 2. The highest BCUT2D eigenvalue weighted by Gasteiger charge is 2.09. The Morgan fingerprint density at radius 1 is 0.846 bits per heavy atom. The third-order valence-corrected chi connectivity index (χ3v) is 3.59. The third-order valence-electron chi connectivity index (χ3n) is 3.59. The Labute approximate surface area is 151 Å². The minimum atomic E-state index is -0.337. The fourth-order valence-electron chi connectivity index (χ4n) is 2.24. The Morgan fingerprint density at radius 2 is 1.62 bits per heavy atom. The third kappa shape index (κ3) is 4.27. The minimum Gasteiger partial charge on any atom is -0.497 e. The van der Waals surface area contributed by atoms with E-state index in [4.69, 9.17) is 9.47 Å². The fourth-order valence-corrected chi connectivity index (χ4v) is 2.24. The molecule has 2 aromatic carbocycles. The molecule has 7 heteroatoms. The number of methoxy groups -OCH3 is 2. The summed E-state index contributed by atoms with van der Waals surface area (Å²) in [6.45, 7) is 0. The van der Waals surface area contributed by atoms with Gasteiger partial charge in [-0.05, 0) is 48.5 Å². The molecular formula is C19H18N4O3. The Morgan fingerprint density at radius 3 is 2.27 bits per heavy atom. The molecule has 0 unspecified atom stereocenters. The Bertz CT molecular complexity index is 880. The average Bonchev–Trinajstić information content (AvgIpc) is 2.69. The number of nitrogens with one attached hydrogen (secondary N) is 2. The van der Waals surface area contributed by atoms with Crippen molar-refractivity contribution in [3.8, 4) is 11.5 Å². The number of carbonyl (C=O) groups excluding carboxylic acids is 1. The van der Waals surface area contributed by atoms with E-state index in [0.29, 0.717) is 11.5 Å². The predicted molar refractivity (Wildman–Crippen MR) is 99.3 cm³/mol. The smallest absolute Gasteiger partial charge is 0.276 e. The van der Waals surface area contributed by atoms with Crippen LogP contribution in [-0.4, -0.2) is 30.3 Å². The molecular weight excluding hydrogens is 332 g/mol. The van der Waals surface area contributed by atoms with Crippen LogP contribution in [-0.2, 0) is 0 Å². The average molecular weight is 350 g/mol. The van der Waals surface area contributed by atoms with Crippen LogP contribution in [0.25, 0.3) is 0 Å². The van der Waals surface area contributed by atoms with Gasteiger partial charge in [0.05, 0.1) is 14.2 Å². The molecule has 1 aromatic heterocycles. The number of hydrogen-bond acceptors (Lipinski definition) is 6. The second-order valence-electron chi connectivity index (χ2n) is 5.34. The Kier molecular flexibility index (Phi) is 5.28. The highest BCUT2D eigenvalue weighted by molar-refractivity contribution is 6.02. The number of amides is 1. The lowest BCUT2D eigenvalue weighted by atomic mass is 10.3. The van der Waals surface area contributed by atoms with Crippen molar-refractivity contribution in [1.29, 1.82) is 0 Å². The first-order valence-electron chi connectivity index (χ1n) is 7.88. The van der Waals surface area contributed by atoms with Gasteiger partial charge in [-0.25, -0.2) is 0 Å². The molecule has 0 fully saturated rings. The van der Waals surface area contributed by atoms with E-state index in [1.807, 2.05) is 24.3 Å². The van der Waals surface area contributed by atoms with Crippen LogP contribution in [0.5, 0.6) is 11.5 Å². The van der Waals surface area contributed by atoms with Crippen molar-refractivity contribution in [3.05, 3.63) is 66.4 Å². The maximum absolute atomic E-state index is 12.2. The van der Waals surface area contributed by atoms with Crippen molar-refractivity contribution >= 4 is 23.1 Å². The molecule has 26 heavy (non-hydrogen) atoms. The second-order valence-corrected chi connectivity index (χ2v) is 5.34. The summed E-state index contributed by atoms with van der Waals surface area (Å²) >= 11 is 0. The predicted octanol–water partition coefficient (Wildman–Crippen LogP) is 3.49. The van der Waals surface area contributed by atoms with Crippen LogP contribution >= 0.6 is 0 Å². The van der Waals surface area contributed by atoms with Crippen molar-refractivity contribution in [2.75, 3.05) is 24.9 Å². The summed E-state index contributed by atoms with van der Waals surface area (Å²) in [5.74, 6) is 1.64. The van der Waals surface area contributed by atoms with Gasteiger partial charge in [-0.3, -0.25) is 4.79 Å². The summed E-state index contributed by atoms with van der Waals surface area (Å²) in [7, 11) is 3.19. The zero-order valence-corrected chi connectivity index (χ0v) is 14.4. The Hall–Kier alpha value is -3.61. The molecule has 0 aliphatic rings. The molecule has 0 spiro atoms. The number of nitrogens with zero attached hydrogens (tertiary/aromatic N) is 2. The quantitative estimate of drug-likeness (QED) is 0.708. The maximum atomic E-state index is 12.2. The highest BCUT2D eigenvalue weighted by atomic mass is 16.5. The van der Waals surface area contributed by atoms with Crippen LogP contribution in [0.4, 0.5) is 17.2 Å². The van der Waals surface area contributed by atoms with Gasteiger partial charge in [-0.2, -0.15) is 0 Å². The zero-order valence-electron chi connectivity index (χ0n) is 14.4. The van der Waals surface area contributed by atoms with Crippen LogP contribution in [0.3, 0.4) is 0 Å². The van der Waals surface area contributed by atoms with Crippen molar-refractivity contribution in [3.63, 3.8) is 0 Å². The monoisotopic (exact) mass is 350 g/mol. The van der Waals surface area contributed by atoms with Gasteiger partial charge in [0.1, 0.15) is 11.5 Å². The SMILES string of the molecule is COc1ccc(NC(=O)c2ccc(Nc3cccc(OC)c3)nn2)cc1. The van der Waals surface area contributed by atoms with E-state index >= 15 is 0 Å². The normalized spacial score (nSPS) is 10.1. The summed E-state index contributed by atoms with van der Waals surface area (Å²) in [5.41, 5.74) is 1.68. The largest absolute Gasteiger partial charge is 0.497 e. The summed E-state index contributed by atoms with van der Waals surface area (Å²) in [5, 5.41) is 13.9. The molecule has 1 amide bonds. The first kappa shape index (κ1) is 17.2. The molecule has 3 rings (SSSR count). The van der Waals surface area contributed by atoms with E-state index in [2.05, 4.69) is 20.8 Å². The number of carbonyl (C=O) groups is 1.